The topological polar surface area (TPSA) is 52.0 Å². The minimum atomic E-state index is 0.149. The Morgan fingerprint density at radius 3 is 2.72 bits per heavy atom. The summed E-state index contributed by atoms with van der Waals surface area (Å²) in [5.41, 5.74) is 0.974. The van der Waals surface area contributed by atoms with Crippen LogP contribution in [0.5, 0.6) is 0 Å². The van der Waals surface area contributed by atoms with Crippen molar-refractivity contribution < 1.29 is 4.74 Å². The van der Waals surface area contributed by atoms with Crippen molar-refractivity contribution in [2.75, 3.05) is 12.4 Å². The van der Waals surface area contributed by atoms with Gasteiger partial charge >= 0.3 is 0 Å². The Morgan fingerprint density at radius 2 is 2.17 bits per heavy atom. The maximum atomic E-state index is 5.27. The molecule has 0 radical (unpaired) electrons. The molecule has 1 N–H and O–H groups in total. The number of nitrogens with one attached hydrogen (secondary N) is 1. The van der Waals surface area contributed by atoms with Gasteiger partial charge in [-0.2, -0.15) is 5.10 Å². The number of aromatic nitrogens is 3. The van der Waals surface area contributed by atoms with Gasteiger partial charge in [0.2, 0.25) is 0 Å². The highest BCUT2D eigenvalue weighted by atomic mass is 16.5. The third-order valence-corrected chi connectivity index (χ3v) is 2.96. The van der Waals surface area contributed by atoms with Gasteiger partial charge in [-0.25, -0.2) is 9.67 Å². The molecule has 0 saturated heterocycles. The molecule has 2 aromatic heterocycles. The van der Waals surface area contributed by atoms with Crippen molar-refractivity contribution in [3.8, 4) is 5.82 Å². The highest BCUT2D eigenvalue weighted by Gasteiger charge is 2.10. The minimum Gasteiger partial charge on any atom is -0.380 e. The lowest BCUT2D eigenvalue weighted by atomic mass is 10.2. The second-order valence-electron chi connectivity index (χ2n) is 4.23. The SMILES string of the molecule is COC(C)C(C)Nc1ccc(-n2cccn2)nc1. The Balaban J connectivity index is 2.04. The third-order valence-electron chi connectivity index (χ3n) is 2.96. The van der Waals surface area contributed by atoms with Crippen LogP contribution >= 0.6 is 0 Å². The average Bonchev–Trinajstić information content (AvgIpc) is 2.92. The highest BCUT2D eigenvalue weighted by molar-refractivity contribution is 5.44. The lowest BCUT2D eigenvalue weighted by Crippen LogP contribution is -2.29. The van der Waals surface area contributed by atoms with Crippen LogP contribution in [0.3, 0.4) is 0 Å². The van der Waals surface area contributed by atoms with Crippen LogP contribution in [0, 0.1) is 0 Å². The Kier molecular flexibility index (Phi) is 3.94. The van der Waals surface area contributed by atoms with Gasteiger partial charge in [-0.05, 0) is 32.0 Å². The fourth-order valence-corrected chi connectivity index (χ4v) is 1.60. The van der Waals surface area contributed by atoms with E-state index in [1.165, 1.54) is 0 Å². The molecule has 0 aromatic carbocycles. The first-order chi connectivity index (χ1) is 8.70. The van der Waals surface area contributed by atoms with Crippen molar-refractivity contribution in [2.24, 2.45) is 0 Å². The fraction of sp³-hybridized carbons (Fsp3) is 0.385. The van der Waals surface area contributed by atoms with Gasteiger partial charge in [-0.3, -0.25) is 0 Å². The maximum Gasteiger partial charge on any atom is 0.153 e. The smallest absolute Gasteiger partial charge is 0.153 e. The summed E-state index contributed by atoms with van der Waals surface area (Å²) in [6.45, 7) is 4.11. The summed E-state index contributed by atoms with van der Waals surface area (Å²) in [4.78, 5) is 4.36. The lowest BCUT2D eigenvalue weighted by Gasteiger charge is -2.20. The van der Waals surface area contributed by atoms with E-state index in [1.807, 2.05) is 31.3 Å². The first kappa shape index (κ1) is 12.6. The number of pyridine rings is 1. The van der Waals surface area contributed by atoms with Crippen molar-refractivity contribution in [1.29, 1.82) is 0 Å². The van der Waals surface area contributed by atoms with Gasteiger partial charge in [-0.15, -0.1) is 0 Å². The third kappa shape index (κ3) is 2.87. The van der Waals surface area contributed by atoms with Crippen LogP contribution in [0.4, 0.5) is 5.69 Å². The van der Waals surface area contributed by atoms with E-state index in [2.05, 4.69) is 22.3 Å². The van der Waals surface area contributed by atoms with E-state index in [0.29, 0.717) is 0 Å². The molecule has 0 amide bonds. The summed E-state index contributed by atoms with van der Waals surface area (Å²) >= 11 is 0. The molecule has 0 spiro atoms. The number of hydrogen-bond acceptors (Lipinski definition) is 4. The molecule has 0 aliphatic rings. The molecule has 5 nitrogen and oxygen atoms in total. The number of rotatable bonds is 5. The molecule has 0 fully saturated rings. The van der Waals surface area contributed by atoms with Crippen LogP contribution < -0.4 is 5.32 Å². The zero-order valence-electron chi connectivity index (χ0n) is 10.9. The Hall–Kier alpha value is -1.88. The molecule has 2 atom stereocenters. The van der Waals surface area contributed by atoms with Gasteiger partial charge in [-0.1, -0.05) is 0 Å². The van der Waals surface area contributed by atoms with E-state index in [4.69, 9.17) is 4.74 Å². The van der Waals surface area contributed by atoms with E-state index in [1.54, 1.807) is 24.2 Å². The first-order valence-electron chi connectivity index (χ1n) is 5.96. The van der Waals surface area contributed by atoms with Crippen LogP contribution in [0.1, 0.15) is 13.8 Å². The Morgan fingerprint density at radius 1 is 1.33 bits per heavy atom. The molecule has 2 aromatic rings. The predicted molar refractivity (Wildman–Crippen MR) is 70.9 cm³/mol. The molecule has 18 heavy (non-hydrogen) atoms. The Labute approximate surface area is 107 Å². The van der Waals surface area contributed by atoms with Crippen LogP contribution in [-0.4, -0.2) is 34.0 Å². The lowest BCUT2D eigenvalue weighted by molar-refractivity contribution is 0.106. The molecule has 0 bridgehead atoms. The van der Waals surface area contributed by atoms with Crippen LogP contribution in [0.25, 0.3) is 5.82 Å². The quantitative estimate of drug-likeness (QED) is 0.877. The highest BCUT2D eigenvalue weighted by Crippen LogP contribution is 2.12. The molecule has 0 aliphatic carbocycles. The van der Waals surface area contributed by atoms with Crippen molar-refractivity contribution in [1.82, 2.24) is 14.8 Å². The largest absolute Gasteiger partial charge is 0.380 e. The second-order valence-corrected chi connectivity index (χ2v) is 4.23. The van der Waals surface area contributed by atoms with E-state index >= 15 is 0 Å². The zero-order valence-corrected chi connectivity index (χ0v) is 10.9. The molecule has 2 unspecified atom stereocenters. The van der Waals surface area contributed by atoms with Crippen molar-refractivity contribution in [3.63, 3.8) is 0 Å². The molecule has 0 saturated carbocycles. The standard InChI is InChI=1S/C13H18N4O/c1-10(11(2)18-3)16-12-5-6-13(14-9-12)17-8-4-7-15-17/h4-11,16H,1-3H3. The molecular weight excluding hydrogens is 228 g/mol. The summed E-state index contributed by atoms with van der Waals surface area (Å²) < 4.78 is 7.00. The first-order valence-corrected chi connectivity index (χ1v) is 5.96. The van der Waals surface area contributed by atoms with Crippen molar-refractivity contribution >= 4 is 5.69 Å². The number of methoxy groups -OCH3 is 1. The van der Waals surface area contributed by atoms with Crippen LogP contribution in [0.2, 0.25) is 0 Å². The van der Waals surface area contributed by atoms with Crippen LogP contribution in [0.15, 0.2) is 36.8 Å². The molecule has 2 heterocycles. The fourth-order valence-electron chi connectivity index (χ4n) is 1.60. The normalized spacial score (nSPS) is 14.2. The summed E-state index contributed by atoms with van der Waals surface area (Å²) in [5.74, 6) is 0.804. The maximum absolute atomic E-state index is 5.27. The van der Waals surface area contributed by atoms with E-state index < -0.39 is 0 Å². The van der Waals surface area contributed by atoms with Gasteiger partial charge in [0.15, 0.2) is 5.82 Å². The second kappa shape index (κ2) is 5.64. The van der Waals surface area contributed by atoms with Gasteiger partial charge in [0, 0.05) is 25.5 Å². The number of hydrogen-bond donors (Lipinski definition) is 1. The summed E-state index contributed by atoms with van der Waals surface area (Å²) in [7, 11) is 1.71. The van der Waals surface area contributed by atoms with Gasteiger partial charge in [0.05, 0.1) is 18.0 Å². The van der Waals surface area contributed by atoms with E-state index in [0.717, 1.165) is 11.5 Å². The number of nitrogens with zero attached hydrogens (tertiary/aromatic N) is 3. The molecule has 0 aliphatic heterocycles. The van der Waals surface area contributed by atoms with Crippen LogP contribution in [-0.2, 0) is 4.74 Å². The summed E-state index contributed by atoms with van der Waals surface area (Å²) in [6, 6.07) is 6.02. The van der Waals surface area contributed by atoms with Gasteiger partial charge in [0.25, 0.3) is 0 Å². The molecular formula is C13H18N4O. The summed E-state index contributed by atoms with van der Waals surface area (Å²) in [6.07, 6.45) is 5.55. The number of ether oxygens (including phenoxy) is 1. The molecule has 2 rings (SSSR count). The predicted octanol–water partition coefficient (Wildman–Crippen LogP) is 2.10. The summed E-state index contributed by atoms with van der Waals surface area (Å²) in [5, 5.41) is 7.48. The van der Waals surface area contributed by atoms with Crippen molar-refractivity contribution in [2.45, 2.75) is 26.0 Å². The Bertz CT molecular complexity index is 466. The van der Waals surface area contributed by atoms with Gasteiger partial charge < -0.3 is 10.1 Å². The number of anilines is 1. The van der Waals surface area contributed by atoms with Gasteiger partial charge in [0.1, 0.15) is 0 Å². The molecule has 5 heteroatoms. The van der Waals surface area contributed by atoms with E-state index in [9.17, 15) is 0 Å². The monoisotopic (exact) mass is 246 g/mol. The minimum absolute atomic E-state index is 0.149. The average molecular weight is 246 g/mol. The zero-order chi connectivity index (χ0) is 13.0. The molecule has 96 valence electrons. The van der Waals surface area contributed by atoms with Crippen molar-refractivity contribution in [3.05, 3.63) is 36.8 Å². The van der Waals surface area contributed by atoms with E-state index in [-0.39, 0.29) is 12.1 Å².